The van der Waals surface area contributed by atoms with Crippen LogP contribution in [0.15, 0.2) is 71.7 Å². The average molecular weight is 1000 g/mol. The Morgan fingerprint density at radius 3 is 2.33 bits per heavy atom. The lowest BCUT2D eigenvalue weighted by Gasteiger charge is -2.31. The van der Waals surface area contributed by atoms with Gasteiger partial charge in [-0.3, -0.25) is 43.3 Å². The van der Waals surface area contributed by atoms with Crippen molar-refractivity contribution in [3.63, 3.8) is 0 Å². The summed E-state index contributed by atoms with van der Waals surface area (Å²) in [6.45, 7) is 1.90. The van der Waals surface area contributed by atoms with Gasteiger partial charge in [-0.25, -0.2) is 18.9 Å². The molecule has 8 rings (SSSR count). The number of carbonyl (C=O) groups excluding carboxylic acids is 8. The number of pyridine rings is 2. The van der Waals surface area contributed by atoms with Crippen molar-refractivity contribution in [2.24, 2.45) is 0 Å². The number of ether oxygens (including phenoxy) is 1. The molecular formula is C50H52FN11O11. The fraction of sp³-hybridized carbons (Fsp3) is 0.360. The highest BCUT2D eigenvalue weighted by atomic mass is 19.1. The Morgan fingerprint density at radius 2 is 1.58 bits per heavy atom. The zero-order valence-corrected chi connectivity index (χ0v) is 39.9. The Morgan fingerprint density at radius 1 is 0.863 bits per heavy atom. The van der Waals surface area contributed by atoms with Gasteiger partial charge in [0.05, 0.1) is 67.9 Å². The monoisotopic (exact) mass is 1000 g/mol. The quantitative estimate of drug-likeness (QED) is 0.0322. The Labute approximate surface area is 415 Å². The van der Waals surface area contributed by atoms with Gasteiger partial charge in [0, 0.05) is 54.1 Å². The van der Waals surface area contributed by atoms with Crippen molar-refractivity contribution in [3.8, 4) is 11.4 Å². The van der Waals surface area contributed by atoms with Gasteiger partial charge in [0.15, 0.2) is 5.60 Å². The topological polar surface area (TPSA) is 295 Å². The maximum atomic E-state index is 15.0. The number of amides is 7. The minimum absolute atomic E-state index is 0.0361. The molecule has 73 heavy (non-hydrogen) atoms. The van der Waals surface area contributed by atoms with Gasteiger partial charge < -0.3 is 41.0 Å². The number of carbonyl (C=O) groups is 8. The molecule has 0 aliphatic carbocycles. The van der Waals surface area contributed by atoms with Gasteiger partial charge in [-0.05, 0) is 55.0 Å². The van der Waals surface area contributed by atoms with Crippen LogP contribution in [0.4, 0.5) is 4.39 Å². The fourth-order valence-corrected chi connectivity index (χ4v) is 8.87. The number of unbranched alkanes of at least 4 members (excludes halogenated alkanes) is 2. The highest BCUT2D eigenvalue weighted by Crippen LogP contribution is 2.40. The largest absolute Gasteiger partial charge is 0.458 e. The van der Waals surface area contributed by atoms with E-state index in [0.717, 1.165) is 4.90 Å². The first-order valence-electron chi connectivity index (χ1n) is 23.6. The summed E-state index contributed by atoms with van der Waals surface area (Å²) in [6, 6.07) is 12.2. The highest BCUT2D eigenvalue weighted by molar-refractivity contribution is 6.12. The van der Waals surface area contributed by atoms with Crippen LogP contribution in [-0.2, 0) is 81.4 Å². The van der Waals surface area contributed by atoms with Crippen LogP contribution < -0.4 is 32.1 Å². The van der Waals surface area contributed by atoms with Crippen LogP contribution in [0.3, 0.4) is 0 Å². The summed E-state index contributed by atoms with van der Waals surface area (Å²) < 4.78 is 23.2. The summed E-state index contributed by atoms with van der Waals surface area (Å²) in [4.78, 5) is 120. The van der Waals surface area contributed by atoms with Gasteiger partial charge in [0.25, 0.3) is 17.4 Å². The first-order chi connectivity index (χ1) is 35.0. The molecule has 0 bridgehead atoms. The van der Waals surface area contributed by atoms with Crippen LogP contribution in [0.1, 0.15) is 78.1 Å². The molecule has 23 heteroatoms. The molecule has 0 saturated carbocycles. The third-order valence-electron chi connectivity index (χ3n) is 12.9. The van der Waals surface area contributed by atoms with Crippen LogP contribution in [0, 0.1) is 12.7 Å². The van der Waals surface area contributed by atoms with Crippen molar-refractivity contribution in [2.75, 3.05) is 26.2 Å². The summed E-state index contributed by atoms with van der Waals surface area (Å²) in [5.74, 6) is -5.08. The number of nitrogens with one attached hydrogen (secondary N) is 5. The van der Waals surface area contributed by atoms with E-state index < -0.39 is 78.2 Å². The van der Waals surface area contributed by atoms with Gasteiger partial charge in [-0.15, -0.1) is 5.10 Å². The number of nitrogens with zero attached hydrogens (tertiary/aromatic N) is 6. The van der Waals surface area contributed by atoms with Gasteiger partial charge in [0.1, 0.15) is 24.2 Å². The number of esters is 1. The van der Waals surface area contributed by atoms with Crippen LogP contribution in [-0.4, -0.2) is 114 Å². The maximum absolute atomic E-state index is 15.0. The van der Waals surface area contributed by atoms with Gasteiger partial charge in [-0.1, -0.05) is 48.9 Å². The number of imide groups is 1. The number of aliphatic hydroxyl groups is 1. The summed E-state index contributed by atoms with van der Waals surface area (Å²) in [5.41, 5.74) is 1.58. The van der Waals surface area contributed by atoms with Crippen molar-refractivity contribution < 1.29 is 52.6 Å². The number of aryl methyl sites for hydroxylation is 1. The fourth-order valence-electron chi connectivity index (χ4n) is 8.87. The molecule has 2 aromatic carbocycles. The van der Waals surface area contributed by atoms with E-state index in [1.807, 2.05) is 0 Å². The summed E-state index contributed by atoms with van der Waals surface area (Å²) in [5, 5.41) is 33.1. The second-order valence-electron chi connectivity index (χ2n) is 17.9. The standard InChI is InChI=1S/C50H52FN11O11/c1-3-50(72)35-18-39-46-33(26-62(39)48(70)34(35)27-73-49(50)71)32(31-16-28(2)36(51)19-37(31)57-46)25-60-24-30(58-59-60)20-52-42(65)22-55-47(69)38(17-29-10-6-4-7-11-29)56-43(66)23-54-41(64)21-53-40(63)12-8-5-9-15-61-44(67)13-14-45(61)68/h4,6-7,10-11,13-14,16,18-19,24,38,72H,3,5,8-9,12,15,17,20-23,25-27H2,1-2H3,(H,52,65)(H,53,63)(H,54,64)(H,55,69)(H,56,66)/t38-,50+/m1/s1. The van der Waals surface area contributed by atoms with Gasteiger partial charge >= 0.3 is 5.97 Å². The predicted molar refractivity (Wildman–Crippen MR) is 256 cm³/mol. The molecule has 3 aliphatic rings. The van der Waals surface area contributed by atoms with Crippen molar-refractivity contribution in [2.45, 2.75) is 90.3 Å². The molecule has 0 radical (unpaired) electrons. The first-order valence-corrected chi connectivity index (χ1v) is 23.6. The number of fused-ring (bicyclic) bond motifs is 5. The molecule has 3 aliphatic heterocycles. The first kappa shape index (κ1) is 50.9. The van der Waals surface area contributed by atoms with Gasteiger partial charge in [0.2, 0.25) is 29.5 Å². The second-order valence-corrected chi connectivity index (χ2v) is 17.9. The zero-order chi connectivity index (χ0) is 52.0. The van der Waals surface area contributed by atoms with E-state index in [1.54, 1.807) is 62.5 Å². The van der Waals surface area contributed by atoms with E-state index in [9.17, 15) is 48.3 Å². The molecule has 6 N–H and O–H groups in total. The Balaban J connectivity index is 0.839. The Kier molecular flexibility index (Phi) is 15.3. The van der Waals surface area contributed by atoms with E-state index in [2.05, 4.69) is 36.9 Å². The molecule has 22 nitrogen and oxygen atoms in total. The number of aromatic nitrogens is 5. The lowest BCUT2D eigenvalue weighted by molar-refractivity contribution is -0.172. The summed E-state index contributed by atoms with van der Waals surface area (Å²) in [7, 11) is 0. The lowest BCUT2D eigenvalue weighted by Crippen LogP contribution is -2.52. The molecule has 0 fully saturated rings. The average Bonchev–Trinajstić information content (AvgIpc) is 4.09. The van der Waals surface area contributed by atoms with Crippen molar-refractivity contribution in [1.29, 1.82) is 0 Å². The zero-order valence-electron chi connectivity index (χ0n) is 39.9. The van der Waals surface area contributed by atoms with Crippen molar-refractivity contribution in [3.05, 3.63) is 122 Å². The molecule has 5 aromatic rings. The molecule has 380 valence electrons. The third kappa shape index (κ3) is 11.4. The minimum atomic E-state index is -2.03. The Bertz CT molecular complexity index is 3140. The number of cyclic esters (lactones) is 1. The lowest BCUT2D eigenvalue weighted by atomic mass is 9.86. The minimum Gasteiger partial charge on any atom is -0.458 e. The normalized spacial score (nSPS) is 15.8. The Hall–Kier alpha value is -8.47. The molecule has 0 spiro atoms. The van der Waals surface area contributed by atoms with Crippen LogP contribution in [0.5, 0.6) is 0 Å². The third-order valence-corrected chi connectivity index (χ3v) is 12.9. The number of halogens is 1. The van der Waals surface area contributed by atoms with Crippen molar-refractivity contribution >= 4 is 58.2 Å². The van der Waals surface area contributed by atoms with E-state index in [0.29, 0.717) is 69.5 Å². The van der Waals surface area contributed by atoms with Crippen molar-refractivity contribution in [1.82, 2.24) is 56.0 Å². The maximum Gasteiger partial charge on any atom is 0.343 e. The molecule has 0 unspecified atom stereocenters. The van der Waals surface area contributed by atoms with Gasteiger partial charge in [-0.2, -0.15) is 0 Å². The van der Waals surface area contributed by atoms with E-state index in [4.69, 9.17) is 9.72 Å². The van der Waals surface area contributed by atoms with E-state index in [1.165, 1.54) is 27.5 Å². The summed E-state index contributed by atoms with van der Waals surface area (Å²) >= 11 is 0. The number of hydrogen-bond acceptors (Lipinski definition) is 14. The molecule has 2 atom stereocenters. The number of rotatable bonds is 21. The van der Waals surface area contributed by atoms with Crippen LogP contribution in [0.25, 0.3) is 22.3 Å². The van der Waals surface area contributed by atoms with Crippen LogP contribution in [0.2, 0.25) is 0 Å². The molecule has 3 aromatic heterocycles. The predicted octanol–water partition coefficient (Wildman–Crippen LogP) is 0.345. The SMILES string of the molecule is CC[C@@]1(O)C(=O)OCc2c1cc1n(c2=O)Cc2c-1nc1cc(F)c(C)cc1c2Cn1cc(CNC(=O)CNC(=O)[C@@H](Cc2ccccc2)NC(=O)CNC(=O)CNC(=O)CCCCCN2C(=O)C=CC2=O)nn1. The number of hydrogen-bond donors (Lipinski definition) is 6. The second kappa shape index (κ2) is 21.9. The smallest absolute Gasteiger partial charge is 0.343 e. The van der Waals surface area contributed by atoms with Crippen LogP contribution >= 0.6 is 0 Å². The van der Waals surface area contributed by atoms with E-state index in [-0.39, 0.29) is 75.0 Å². The highest BCUT2D eigenvalue weighted by Gasteiger charge is 2.45. The molecule has 0 saturated heterocycles. The molecule has 6 heterocycles. The molecule has 7 amide bonds. The van der Waals surface area contributed by atoms with E-state index >= 15 is 4.39 Å². The molecular weight excluding hydrogens is 950 g/mol. The number of benzene rings is 2. The summed E-state index contributed by atoms with van der Waals surface area (Å²) in [6.07, 6.45) is 5.72.